The number of esters is 1. The standard InChI is InChI=1S/C9H15N3O2/c1-3-5-14-9(13)8-7(10)6-11-12(8)4-2/h6H,3-5,10H2,1-2H3. The lowest BCUT2D eigenvalue weighted by Crippen LogP contribution is -2.14. The minimum Gasteiger partial charge on any atom is -0.461 e. The number of carbonyl (C=O) groups is 1. The summed E-state index contributed by atoms with van der Waals surface area (Å²) >= 11 is 0. The van der Waals surface area contributed by atoms with E-state index in [0.717, 1.165) is 6.42 Å². The summed E-state index contributed by atoms with van der Waals surface area (Å²) in [6, 6.07) is 0. The molecule has 0 unspecified atom stereocenters. The molecule has 5 heteroatoms. The highest BCUT2D eigenvalue weighted by Gasteiger charge is 2.16. The van der Waals surface area contributed by atoms with E-state index in [-0.39, 0.29) is 0 Å². The lowest BCUT2D eigenvalue weighted by Gasteiger charge is -2.05. The van der Waals surface area contributed by atoms with Gasteiger partial charge in [0.25, 0.3) is 0 Å². The van der Waals surface area contributed by atoms with Crippen LogP contribution in [-0.4, -0.2) is 22.4 Å². The van der Waals surface area contributed by atoms with E-state index in [1.807, 2.05) is 13.8 Å². The third kappa shape index (κ3) is 2.04. The molecule has 0 spiro atoms. The number of aromatic nitrogens is 2. The van der Waals surface area contributed by atoms with Crippen molar-refractivity contribution in [3.63, 3.8) is 0 Å². The predicted molar refractivity (Wildman–Crippen MR) is 52.9 cm³/mol. The van der Waals surface area contributed by atoms with Gasteiger partial charge in [0.2, 0.25) is 0 Å². The molecule has 1 rings (SSSR count). The zero-order chi connectivity index (χ0) is 10.6. The number of anilines is 1. The lowest BCUT2D eigenvalue weighted by molar-refractivity contribution is 0.0492. The molecule has 0 bridgehead atoms. The van der Waals surface area contributed by atoms with E-state index in [0.29, 0.717) is 24.5 Å². The van der Waals surface area contributed by atoms with E-state index in [9.17, 15) is 4.79 Å². The molecular weight excluding hydrogens is 182 g/mol. The molecule has 0 aliphatic carbocycles. The molecule has 14 heavy (non-hydrogen) atoms. The topological polar surface area (TPSA) is 70.1 Å². The molecule has 0 saturated carbocycles. The van der Waals surface area contributed by atoms with Crippen LogP contribution in [0.25, 0.3) is 0 Å². The Morgan fingerprint density at radius 3 is 2.93 bits per heavy atom. The Morgan fingerprint density at radius 1 is 1.64 bits per heavy atom. The number of ether oxygens (including phenoxy) is 1. The van der Waals surface area contributed by atoms with Gasteiger partial charge in [-0.25, -0.2) is 4.79 Å². The molecule has 1 aromatic heterocycles. The van der Waals surface area contributed by atoms with Crippen LogP contribution < -0.4 is 5.73 Å². The summed E-state index contributed by atoms with van der Waals surface area (Å²) in [5, 5.41) is 3.95. The fraction of sp³-hybridized carbons (Fsp3) is 0.556. The first-order valence-corrected chi connectivity index (χ1v) is 4.69. The quantitative estimate of drug-likeness (QED) is 0.732. The SMILES string of the molecule is CCCOC(=O)c1c(N)cnn1CC. The average Bonchev–Trinajstić information content (AvgIpc) is 2.56. The van der Waals surface area contributed by atoms with Gasteiger partial charge >= 0.3 is 5.97 Å². The lowest BCUT2D eigenvalue weighted by atomic mass is 10.3. The Bertz CT molecular complexity index is 320. The molecule has 0 saturated heterocycles. The molecular formula is C9H15N3O2. The Balaban J connectivity index is 2.82. The number of aryl methyl sites for hydroxylation is 1. The first kappa shape index (κ1) is 10.6. The molecule has 0 atom stereocenters. The molecule has 1 heterocycles. The number of rotatable bonds is 4. The van der Waals surface area contributed by atoms with Crippen molar-refractivity contribution < 1.29 is 9.53 Å². The normalized spacial score (nSPS) is 10.1. The zero-order valence-electron chi connectivity index (χ0n) is 8.49. The van der Waals surface area contributed by atoms with Crippen molar-refractivity contribution in [1.82, 2.24) is 9.78 Å². The zero-order valence-corrected chi connectivity index (χ0v) is 8.49. The number of hydrogen-bond acceptors (Lipinski definition) is 4. The van der Waals surface area contributed by atoms with Gasteiger partial charge in [0, 0.05) is 6.54 Å². The first-order valence-electron chi connectivity index (χ1n) is 4.69. The van der Waals surface area contributed by atoms with Crippen LogP contribution in [0.4, 0.5) is 5.69 Å². The van der Waals surface area contributed by atoms with Gasteiger partial charge < -0.3 is 10.5 Å². The minimum atomic E-state index is -0.399. The molecule has 0 aromatic carbocycles. The summed E-state index contributed by atoms with van der Waals surface area (Å²) in [7, 11) is 0. The van der Waals surface area contributed by atoms with Crippen LogP contribution in [-0.2, 0) is 11.3 Å². The summed E-state index contributed by atoms with van der Waals surface area (Å²) in [6.45, 7) is 4.84. The Morgan fingerprint density at radius 2 is 2.36 bits per heavy atom. The van der Waals surface area contributed by atoms with E-state index in [1.54, 1.807) is 0 Å². The van der Waals surface area contributed by atoms with E-state index in [1.165, 1.54) is 10.9 Å². The number of hydrogen-bond donors (Lipinski definition) is 1. The Labute approximate surface area is 82.8 Å². The monoisotopic (exact) mass is 197 g/mol. The summed E-state index contributed by atoms with van der Waals surface area (Å²) in [6.07, 6.45) is 2.26. The summed E-state index contributed by atoms with van der Waals surface area (Å²) in [5.41, 5.74) is 6.32. The van der Waals surface area contributed by atoms with Gasteiger partial charge in [-0.05, 0) is 13.3 Å². The second-order valence-corrected chi connectivity index (χ2v) is 2.90. The van der Waals surface area contributed by atoms with Crippen LogP contribution in [0.3, 0.4) is 0 Å². The minimum absolute atomic E-state index is 0.348. The molecule has 0 aliphatic heterocycles. The third-order valence-corrected chi connectivity index (χ3v) is 1.80. The highest BCUT2D eigenvalue weighted by atomic mass is 16.5. The van der Waals surface area contributed by atoms with Gasteiger partial charge in [-0.3, -0.25) is 4.68 Å². The van der Waals surface area contributed by atoms with E-state index in [4.69, 9.17) is 10.5 Å². The van der Waals surface area contributed by atoms with Crippen LogP contribution in [0, 0.1) is 0 Å². The molecule has 1 aromatic rings. The van der Waals surface area contributed by atoms with Gasteiger partial charge in [-0.15, -0.1) is 0 Å². The number of nitrogens with two attached hydrogens (primary N) is 1. The number of carbonyl (C=O) groups excluding carboxylic acids is 1. The predicted octanol–water partition coefficient (Wildman–Crippen LogP) is 1.05. The molecule has 0 aliphatic rings. The summed E-state index contributed by atoms with van der Waals surface area (Å²) < 4.78 is 6.51. The Hall–Kier alpha value is -1.52. The molecule has 5 nitrogen and oxygen atoms in total. The number of nitrogen functional groups attached to an aromatic ring is 1. The second-order valence-electron chi connectivity index (χ2n) is 2.90. The average molecular weight is 197 g/mol. The fourth-order valence-corrected chi connectivity index (χ4v) is 1.13. The molecule has 2 N–H and O–H groups in total. The highest BCUT2D eigenvalue weighted by molar-refractivity contribution is 5.93. The van der Waals surface area contributed by atoms with Gasteiger partial charge in [0.15, 0.2) is 5.69 Å². The van der Waals surface area contributed by atoms with Crippen molar-refractivity contribution in [2.45, 2.75) is 26.8 Å². The largest absolute Gasteiger partial charge is 0.461 e. The third-order valence-electron chi connectivity index (χ3n) is 1.80. The Kier molecular flexibility index (Phi) is 3.50. The van der Waals surface area contributed by atoms with Crippen molar-refractivity contribution in [1.29, 1.82) is 0 Å². The molecule has 0 amide bonds. The van der Waals surface area contributed by atoms with Crippen LogP contribution in [0.5, 0.6) is 0 Å². The van der Waals surface area contributed by atoms with Crippen LogP contribution in [0.2, 0.25) is 0 Å². The first-order chi connectivity index (χ1) is 6.70. The summed E-state index contributed by atoms with van der Waals surface area (Å²) in [4.78, 5) is 11.5. The van der Waals surface area contributed by atoms with E-state index < -0.39 is 5.97 Å². The van der Waals surface area contributed by atoms with Crippen molar-refractivity contribution in [2.75, 3.05) is 12.3 Å². The van der Waals surface area contributed by atoms with Gasteiger partial charge in [-0.2, -0.15) is 5.10 Å². The second kappa shape index (κ2) is 4.64. The van der Waals surface area contributed by atoms with Crippen molar-refractivity contribution in [3.05, 3.63) is 11.9 Å². The number of nitrogens with zero attached hydrogens (tertiary/aromatic N) is 2. The fourth-order valence-electron chi connectivity index (χ4n) is 1.13. The van der Waals surface area contributed by atoms with Gasteiger partial charge in [0.05, 0.1) is 18.5 Å². The maximum absolute atomic E-state index is 11.5. The van der Waals surface area contributed by atoms with E-state index >= 15 is 0 Å². The molecule has 0 fully saturated rings. The van der Waals surface area contributed by atoms with Gasteiger partial charge in [-0.1, -0.05) is 6.92 Å². The van der Waals surface area contributed by atoms with Crippen LogP contribution in [0.15, 0.2) is 6.20 Å². The van der Waals surface area contributed by atoms with Crippen LogP contribution >= 0.6 is 0 Å². The highest BCUT2D eigenvalue weighted by Crippen LogP contribution is 2.12. The van der Waals surface area contributed by atoms with Crippen molar-refractivity contribution in [2.24, 2.45) is 0 Å². The molecule has 0 radical (unpaired) electrons. The van der Waals surface area contributed by atoms with Gasteiger partial charge in [0.1, 0.15) is 0 Å². The summed E-state index contributed by atoms with van der Waals surface area (Å²) in [5.74, 6) is -0.399. The van der Waals surface area contributed by atoms with E-state index in [2.05, 4.69) is 5.10 Å². The maximum atomic E-state index is 11.5. The molecule has 78 valence electrons. The maximum Gasteiger partial charge on any atom is 0.358 e. The van der Waals surface area contributed by atoms with Crippen molar-refractivity contribution >= 4 is 11.7 Å². The van der Waals surface area contributed by atoms with Crippen molar-refractivity contribution in [3.8, 4) is 0 Å². The van der Waals surface area contributed by atoms with Crippen LogP contribution in [0.1, 0.15) is 30.8 Å². The smallest absolute Gasteiger partial charge is 0.358 e.